The molecule has 24 heavy (non-hydrogen) atoms. The predicted octanol–water partition coefficient (Wildman–Crippen LogP) is 4.32. The second-order valence-electron chi connectivity index (χ2n) is 5.38. The Bertz CT molecular complexity index is 829. The molecule has 0 aliphatic heterocycles. The van der Waals surface area contributed by atoms with E-state index >= 15 is 0 Å². The molecule has 3 rings (SSSR count). The zero-order valence-corrected chi connectivity index (χ0v) is 14.7. The lowest BCUT2D eigenvalue weighted by atomic mass is 10.2. The fourth-order valence-electron chi connectivity index (χ4n) is 2.27. The lowest BCUT2D eigenvalue weighted by Gasteiger charge is -2.13. The van der Waals surface area contributed by atoms with E-state index in [9.17, 15) is 0 Å². The number of benzene rings is 2. The molecule has 0 spiro atoms. The molecule has 2 aromatic carbocycles. The quantitative estimate of drug-likeness (QED) is 0.683. The summed E-state index contributed by atoms with van der Waals surface area (Å²) in [6.45, 7) is 2.65. The maximum atomic E-state index is 6.02. The molecule has 0 saturated heterocycles. The van der Waals surface area contributed by atoms with Gasteiger partial charge >= 0.3 is 0 Å². The molecule has 122 valence electrons. The zero-order valence-electron chi connectivity index (χ0n) is 13.2. The van der Waals surface area contributed by atoms with Gasteiger partial charge in [0, 0.05) is 29.6 Å². The number of nitrogens with zero attached hydrogens (tertiary/aromatic N) is 2. The Kier molecular flexibility index (Phi) is 5.13. The molecule has 4 nitrogen and oxygen atoms in total. The van der Waals surface area contributed by atoms with Crippen molar-refractivity contribution in [2.75, 3.05) is 5.32 Å². The van der Waals surface area contributed by atoms with Gasteiger partial charge in [-0.3, -0.25) is 0 Å². The minimum absolute atomic E-state index is 0.566. The second kappa shape index (κ2) is 7.47. The van der Waals surface area contributed by atoms with Crippen molar-refractivity contribution >= 4 is 34.6 Å². The molecule has 6 heteroatoms. The van der Waals surface area contributed by atoms with Gasteiger partial charge in [-0.15, -0.1) is 0 Å². The number of hydrogen-bond donors (Lipinski definition) is 2. The molecule has 0 radical (unpaired) electrons. The minimum atomic E-state index is 0.566. The Morgan fingerprint density at radius 3 is 2.71 bits per heavy atom. The van der Waals surface area contributed by atoms with Crippen molar-refractivity contribution < 1.29 is 0 Å². The minimum Gasteiger partial charge on any atom is -0.358 e. The summed E-state index contributed by atoms with van der Waals surface area (Å²) in [5.41, 5.74) is 4.16. The molecule has 0 amide bonds. The third-order valence-corrected chi connectivity index (χ3v) is 4.09. The Balaban J connectivity index is 1.57. The summed E-state index contributed by atoms with van der Waals surface area (Å²) in [6.07, 6.45) is 3.68. The SMILES string of the molecule is Cc1ccc(Cl)cc1NC(=S)NCc1ccc(-n2cccn2)cc1. The van der Waals surface area contributed by atoms with Crippen molar-refractivity contribution in [3.05, 3.63) is 77.1 Å². The van der Waals surface area contributed by atoms with E-state index in [1.165, 1.54) is 0 Å². The number of anilines is 1. The van der Waals surface area contributed by atoms with Crippen LogP contribution in [0.2, 0.25) is 5.02 Å². The van der Waals surface area contributed by atoms with Crippen molar-refractivity contribution in [3.8, 4) is 5.69 Å². The number of nitrogens with one attached hydrogen (secondary N) is 2. The number of halogens is 1. The molecule has 3 aromatic rings. The fraction of sp³-hybridized carbons (Fsp3) is 0.111. The predicted molar refractivity (Wildman–Crippen MR) is 103 cm³/mol. The van der Waals surface area contributed by atoms with E-state index in [0.717, 1.165) is 22.5 Å². The molecule has 0 unspecified atom stereocenters. The second-order valence-corrected chi connectivity index (χ2v) is 6.23. The molecule has 1 aromatic heterocycles. The lowest BCUT2D eigenvalue weighted by Crippen LogP contribution is -2.28. The van der Waals surface area contributed by atoms with Gasteiger partial charge in [0.05, 0.1) is 5.69 Å². The molecule has 1 heterocycles. The van der Waals surface area contributed by atoms with E-state index in [2.05, 4.69) is 27.9 Å². The topological polar surface area (TPSA) is 41.9 Å². The van der Waals surface area contributed by atoms with Crippen molar-refractivity contribution in [2.24, 2.45) is 0 Å². The Labute approximate surface area is 151 Å². The summed E-state index contributed by atoms with van der Waals surface area (Å²) in [5.74, 6) is 0. The third-order valence-electron chi connectivity index (χ3n) is 3.61. The highest BCUT2D eigenvalue weighted by Crippen LogP contribution is 2.20. The highest BCUT2D eigenvalue weighted by Gasteiger charge is 2.03. The van der Waals surface area contributed by atoms with Gasteiger partial charge in [-0.25, -0.2) is 4.68 Å². The van der Waals surface area contributed by atoms with Crippen LogP contribution in [-0.2, 0) is 6.54 Å². The Morgan fingerprint density at radius 1 is 1.21 bits per heavy atom. The smallest absolute Gasteiger partial charge is 0.171 e. The van der Waals surface area contributed by atoms with Crippen LogP contribution in [0.5, 0.6) is 0 Å². The van der Waals surface area contributed by atoms with Gasteiger partial charge in [-0.2, -0.15) is 5.10 Å². The Hall–Kier alpha value is -2.37. The molecule has 0 atom stereocenters. The first-order valence-corrected chi connectivity index (χ1v) is 8.30. The highest BCUT2D eigenvalue weighted by molar-refractivity contribution is 7.80. The van der Waals surface area contributed by atoms with E-state index in [4.69, 9.17) is 23.8 Å². The highest BCUT2D eigenvalue weighted by atomic mass is 35.5. The van der Waals surface area contributed by atoms with Crippen LogP contribution in [0.3, 0.4) is 0 Å². The van der Waals surface area contributed by atoms with Gasteiger partial charge in [-0.1, -0.05) is 29.8 Å². The Morgan fingerprint density at radius 2 is 2.00 bits per heavy atom. The van der Waals surface area contributed by atoms with Crippen molar-refractivity contribution in [3.63, 3.8) is 0 Å². The van der Waals surface area contributed by atoms with Crippen LogP contribution in [0.25, 0.3) is 5.69 Å². The molecule has 0 fully saturated rings. The largest absolute Gasteiger partial charge is 0.358 e. The standard InChI is InChI=1S/C18H17ClN4S/c1-13-3-6-15(19)11-17(13)22-18(24)20-12-14-4-7-16(8-5-14)23-10-2-9-21-23/h2-11H,12H2,1H3,(H2,20,22,24). The monoisotopic (exact) mass is 356 g/mol. The third kappa shape index (κ3) is 4.13. The van der Waals surface area contributed by atoms with Crippen molar-refractivity contribution in [1.82, 2.24) is 15.1 Å². The number of aromatic nitrogens is 2. The van der Waals surface area contributed by atoms with Gasteiger partial charge in [-0.05, 0) is 60.6 Å². The average Bonchev–Trinajstić information content (AvgIpc) is 3.11. The number of rotatable bonds is 4. The fourth-order valence-corrected chi connectivity index (χ4v) is 2.62. The number of hydrogen-bond acceptors (Lipinski definition) is 2. The van der Waals surface area contributed by atoms with Gasteiger partial charge in [0.25, 0.3) is 0 Å². The first-order valence-electron chi connectivity index (χ1n) is 7.52. The van der Waals surface area contributed by atoms with E-state index in [1.54, 1.807) is 6.20 Å². The van der Waals surface area contributed by atoms with Crippen LogP contribution in [0, 0.1) is 6.92 Å². The van der Waals surface area contributed by atoms with Gasteiger partial charge in [0.15, 0.2) is 5.11 Å². The zero-order chi connectivity index (χ0) is 16.9. The lowest BCUT2D eigenvalue weighted by molar-refractivity contribution is 0.874. The maximum absolute atomic E-state index is 6.02. The van der Waals surface area contributed by atoms with E-state index < -0.39 is 0 Å². The molecule has 0 aliphatic carbocycles. The summed E-state index contributed by atoms with van der Waals surface area (Å²) >= 11 is 11.4. The van der Waals surface area contributed by atoms with E-state index in [0.29, 0.717) is 16.7 Å². The first kappa shape index (κ1) is 16.5. The van der Waals surface area contributed by atoms with Crippen LogP contribution >= 0.6 is 23.8 Å². The molecule has 0 saturated carbocycles. The van der Waals surface area contributed by atoms with Gasteiger partial charge < -0.3 is 10.6 Å². The van der Waals surface area contributed by atoms with Crippen LogP contribution in [0.15, 0.2) is 60.9 Å². The molecule has 0 aliphatic rings. The van der Waals surface area contributed by atoms with Crippen molar-refractivity contribution in [2.45, 2.75) is 13.5 Å². The number of aryl methyl sites for hydroxylation is 1. The average molecular weight is 357 g/mol. The number of thiocarbonyl (C=S) groups is 1. The summed E-state index contributed by atoms with van der Waals surface area (Å²) < 4.78 is 1.82. The van der Waals surface area contributed by atoms with Crippen LogP contribution in [0.1, 0.15) is 11.1 Å². The first-order chi connectivity index (χ1) is 11.6. The van der Waals surface area contributed by atoms with Gasteiger partial charge in [0.1, 0.15) is 0 Å². The van der Waals surface area contributed by atoms with Gasteiger partial charge in [0.2, 0.25) is 0 Å². The summed E-state index contributed by atoms with van der Waals surface area (Å²) in [4.78, 5) is 0. The summed E-state index contributed by atoms with van der Waals surface area (Å²) in [5, 5.41) is 11.8. The van der Waals surface area contributed by atoms with Crippen LogP contribution < -0.4 is 10.6 Å². The van der Waals surface area contributed by atoms with Crippen LogP contribution in [-0.4, -0.2) is 14.9 Å². The van der Waals surface area contributed by atoms with Crippen molar-refractivity contribution in [1.29, 1.82) is 0 Å². The van der Waals surface area contributed by atoms with Crippen LogP contribution in [0.4, 0.5) is 5.69 Å². The van der Waals surface area contributed by atoms with E-state index in [1.807, 2.05) is 54.2 Å². The molecular formula is C18H17ClN4S. The summed E-state index contributed by atoms with van der Waals surface area (Å²) in [7, 11) is 0. The summed E-state index contributed by atoms with van der Waals surface area (Å²) in [6, 6.07) is 15.7. The molecular weight excluding hydrogens is 340 g/mol. The molecule has 0 bridgehead atoms. The molecule has 2 N–H and O–H groups in total. The maximum Gasteiger partial charge on any atom is 0.171 e. The normalized spacial score (nSPS) is 10.4. The van der Waals surface area contributed by atoms with E-state index in [-0.39, 0.29) is 0 Å².